The van der Waals surface area contributed by atoms with Crippen LogP contribution in [0.1, 0.15) is 80.1 Å². The van der Waals surface area contributed by atoms with E-state index >= 15 is 0 Å². The first-order valence-electron chi connectivity index (χ1n) is 11.3. The molecule has 2 atom stereocenters. The fourth-order valence-corrected chi connectivity index (χ4v) is 7.64. The number of aromatic nitrogens is 2. The summed E-state index contributed by atoms with van der Waals surface area (Å²) in [4.78, 5) is 8.84. The van der Waals surface area contributed by atoms with Crippen LogP contribution in [0.2, 0.25) is 0 Å². The van der Waals surface area contributed by atoms with Crippen LogP contribution < -0.4 is 4.72 Å². The van der Waals surface area contributed by atoms with Gasteiger partial charge < -0.3 is 5.11 Å². The Morgan fingerprint density at radius 1 is 1.26 bits per heavy atom. The third-order valence-electron chi connectivity index (χ3n) is 7.92. The Morgan fingerprint density at radius 3 is 2.77 bits per heavy atom. The van der Waals surface area contributed by atoms with Gasteiger partial charge in [-0.15, -0.1) is 0 Å². The van der Waals surface area contributed by atoms with Crippen molar-refractivity contribution in [3.63, 3.8) is 0 Å². The van der Waals surface area contributed by atoms with Gasteiger partial charge in [0.05, 0.1) is 35.0 Å². The number of aryl methyl sites for hydroxylation is 1. The van der Waals surface area contributed by atoms with E-state index in [1.807, 2.05) is 0 Å². The average Bonchev–Trinajstić information content (AvgIpc) is 3.06. The van der Waals surface area contributed by atoms with E-state index in [0.29, 0.717) is 16.2 Å². The van der Waals surface area contributed by atoms with E-state index in [1.165, 1.54) is 42.4 Å². The van der Waals surface area contributed by atoms with Gasteiger partial charge in [0, 0.05) is 0 Å². The first-order valence-corrected chi connectivity index (χ1v) is 13.2. The molecule has 0 amide bonds. The highest BCUT2D eigenvalue weighted by atomic mass is 79.9. The highest BCUT2D eigenvalue weighted by molar-refractivity contribution is 9.10. The van der Waals surface area contributed by atoms with Gasteiger partial charge >= 0.3 is 0 Å². The SMILES string of the molecule is CC1(C)c2cccc3c2C(NS1=O)C1(CCC(CCc2ncc(Br)nc2CO)CC1)C3. The summed E-state index contributed by atoms with van der Waals surface area (Å²) in [6.45, 7) is 4.11. The summed E-state index contributed by atoms with van der Waals surface area (Å²) < 4.78 is 16.9. The summed E-state index contributed by atoms with van der Waals surface area (Å²) in [5.41, 5.74) is 5.94. The molecule has 1 fully saturated rings. The molecule has 0 radical (unpaired) electrons. The third kappa shape index (κ3) is 3.62. The molecule has 1 aliphatic heterocycles. The number of aliphatic hydroxyl groups is 1. The molecule has 1 saturated carbocycles. The van der Waals surface area contributed by atoms with Gasteiger partial charge in [0.15, 0.2) is 0 Å². The summed E-state index contributed by atoms with van der Waals surface area (Å²) in [5, 5.41) is 9.59. The predicted octanol–water partition coefficient (Wildman–Crippen LogP) is 4.64. The van der Waals surface area contributed by atoms with Crippen molar-refractivity contribution >= 4 is 26.9 Å². The van der Waals surface area contributed by atoms with Crippen molar-refractivity contribution < 1.29 is 9.32 Å². The van der Waals surface area contributed by atoms with E-state index in [9.17, 15) is 9.32 Å². The zero-order valence-corrected chi connectivity index (χ0v) is 20.6. The largest absolute Gasteiger partial charge is 0.390 e. The summed E-state index contributed by atoms with van der Waals surface area (Å²) in [7, 11) is -1.07. The molecule has 2 aliphatic carbocycles. The predicted molar refractivity (Wildman–Crippen MR) is 126 cm³/mol. The zero-order chi connectivity index (χ0) is 21.8. The Kier molecular flexibility index (Phi) is 5.60. The van der Waals surface area contributed by atoms with Crippen LogP contribution in [0.4, 0.5) is 0 Å². The van der Waals surface area contributed by atoms with E-state index in [4.69, 9.17) is 0 Å². The Morgan fingerprint density at radius 2 is 2.03 bits per heavy atom. The van der Waals surface area contributed by atoms with Crippen molar-refractivity contribution in [2.24, 2.45) is 11.3 Å². The Hall–Kier alpha value is -1.15. The molecular formula is C24H30BrN3O2S. The molecule has 2 N–H and O–H groups in total. The molecule has 5 nitrogen and oxygen atoms in total. The van der Waals surface area contributed by atoms with Crippen LogP contribution in [0.25, 0.3) is 0 Å². The van der Waals surface area contributed by atoms with Crippen LogP contribution in [0, 0.1) is 11.3 Å². The first kappa shape index (κ1) is 21.7. The third-order valence-corrected chi connectivity index (χ3v) is 9.90. The summed E-state index contributed by atoms with van der Waals surface area (Å²) in [5.74, 6) is 0.663. The van der Waals surface area contributed by atoms with Gasteiger partial charge in [-0.1, -0.05) is 18.2 Å². The molecule has 2 unspecified atom stereocenters. The maximum Gasteiger partial charge on any atom is 0.124 e. The van der Waals surface area contributed by atoms with Crippen LogP contribution in [0.5, 0.6) is 0 Å². The van der Waals surface area contributed by atoms with E-state index in [0.717, 1.165) is 25.0 Å². The zero-order valence-electron chi connectivity index (χ0n) is 18.2. The van der Waals surface area contributed by atoms with Crippen molar-refractivity contribution in [2.75, 3.05) is 0 Å². The molecule has 166 valence electrons. The number of nitrogens with one attached hydrogen (secondary N) is 1. The number of fused-ring (bicyclic) bond motifs is 1. The van der Waals surface area contributed by atoms with E-state index < -0.39 is 11.0 Å². The maximum atomic E-state index is 13.1. The van der Waals surface area contributed by atoms with Gasteiger partial charge in [0.1, 0.15) is 15.6 Å². The lowest BCUT2D eigenvalue weighted by Gasteiger charge is -2.45. The van der Waals surface area contributed by atoms with Gasteiger partial charge in [0.2, 0.25) is 0 Å². The lowest BCUT2D eigenvalue weighted by Crippen LogP contribution is -2.47. The van der Waals surface area contributed by atoms with Crippen LogP contribution in [0.3, 0.4) is 0 Å². The summed E-state index contributed by atoms with van der Waals surface area (Å²) in [6, 6.07) is 6.83. The van der Waals surface area contributed by atoms with Crippen LogP contribution in [-0.2, 0) is 35.2 Å². The van der Waals surface area contributed by atoms with Crippen LogP contribution in [-0.4, -0.2) is 19.3 Å². The number of rotatable bonds is 4. The molecule has 0 bridgehead atoms. The molecule has 1 aromatic carbocycles. The van der Waals surface area contributed by atoms with Gasteiger partial charge in [-0.2, -0.15) is 0 Å². The highest BCUT2D eigenvalue weighted by Crippen LogP contribution is 2.59. The van der Waals surface area contributed by atoms with Crippen molar-refractivity contribution in [3.05, 3.63) is 57.1 Å². The highest BCUT2D eigenvalue weighted by Gasteiger charge is 2.53. The number of nitrogens with zero attached hydrogens (tertiary/aromatic N) is 2. The molecule has 1 spiro atoms. The standard InChI is InChI=1S/C24H30BrN3O2S/c1-23(2)17-5-3-4-16-12-24(22(21(16)17)28-31(23)30)10-8-15(9-11-24)6-7-18-19(14-29)27-20(25)13-26-18/h3-5,13,15,22,28-29H,6-12,14H2,1-2H3. The lowest BCUT2D eigenvalue weighted by molar-refractivity contribution is 0.116. The number of benzene rings is 1. The van der Waals surface area contributed by atoms with Gasteiger partial charge in [-0.05, 0) is 103 Å². The van der Waals surface area contributed by atoms with Gasteiger partial charge in [0.25, 0.3) is 0 Å². The second-order valence-electron chi connectivity index (χ2n) is 9.97. The topological polar surface area (TPSA) is 75.1 Å². The van der Waals surface area contributed by atoms with E-state index in [-0.39, 0.29) is 22.8 Å². The molecule has 2 heterocycles. The van der Waals surface area contributed by atoms with Gasteiger partial charge in [-0.25, -0.2) is 13.9 Å². The number of hydrogen-bond donors (Lipinski definition) is 2. The molecule has 0 saturated heterocycles. The number of aliphatic hydroxyl groups excluding tert-OH is 1. The molecule has 31 heavy (non-hydrogen) atoms. The fraction of sp³-hybridized carbons (Fsp3) is 0.583. The normalized spacial score (nSPS) is 27.9. The van der Waals surface area contributed by atoms with Crippen LogP contribution >= 0.6 is 15.9 Å². The van der Waals surface area contributed by atoms with Crippen LogP contribution in [0.15, 0.2) is 29.0 Å². The fourth-order valence-electron chi connectivity index (χ4n) is 6.07. The van der Waals surface area contributed by atoms with Crippen molar-refractivity contribution in [1.29, 1.82) is 0 Å². The molecule has 5 rings (SSSR count). The molecule has 7 heteroatoms. The summed E-state index contributed by atoms with van der Waals surface area (Å²) >= 11 is 3.33. The Bertz CT molecular complexity index is 1030. The Labute approximate surface area is 195 Å². The quantitative estimate of drug-likeness (QED) is 0.636. The smallest absolute Gasteiger partial charge is 0.124 e. The van der Waals surface area contributed by atoms with E-state index in [2.05, 4.69) is 62.7 Å². The Balaban J connectivity index is 1.30. The molecular weight excluding hydrogens is 474 g/mol. The van der Waals surface area contributed by atoms with Crippen molar-refractivity contribution in [2.45, 2.75) is 76.2 Å². The minimum absolute atomic E-state index is 0.0724. The van der Waals surface area contributed by atoms with Gasteiger partial charge in [-0.3, -0.25) is 4.98 Å². The minimum Gasteiger partial charge on any atom is -0.390 e. The molecule has 3 aliphatic rings. The number of hydrogen-bond acceptors (Lipinski definition) is 4. The monoisotopic (exact) mass is 503 g/mol. The van der Waals surface area contributed by atoms with Crippen molar-refractivity contribution in [1.82, 2.24) is 14.7 Å². The molecule has 1 aromatic heterocycles. The number of halogens is 1. The maximum absolute atomic E-state index is 13.1. The average molecular weight is 504 g/mol. The first-order chi connectivity index (χ1) is 14.8. The summed E-state index contributed by atoms with van der Waals surface area (Å²) in [6.07, 6.45) is 9.47. The van der Waals surface area contributed by atoms with E-state index in [1.54, 1.807) is 6.20 Å². The molecule has 2 aromatic rings. The lowest BCUT2D eigenvalue weighted by atomic mass is 9.65. The second kappa shape index (κ2) is 8.01. The van der Waals surface area contributed by atoms with Crippen molar-refractivity contribution in [3.8, 4) is 0 Å². The second-order valence-corrected chi connectivity index (χ2v) is 12.6. The minimum atomic E-state index is -1.07.